The van der Waals surface area contributed by atoms with E-state index in [-0.39, 0.29) is 0 Å². The molecule has 0 radical (unpaired) electrons. The molecule has 0 aromatic heterocycles. The summed E-state index contributed by atoms with van der Waals surface area (Å²) in [5, 5.41) is 0. The van der Waals surface area contributed by atoms with Crippen LogP contribution in [-0.2, 0) is 0 Å². The number of allylic oxidation sites excluding steroid dienone is 1. The predicted molar refractivity (Wildman–Crippen MR) is 57.3 cm³/mol. The second-order valence-electron chi connectivity index (χ2n) is 2.95. The van der Waals surface area contributed by atoms with Gasteiger partial charge in [0.05, 0.1) is 5.69 Å². The summed E-state index contributed by atoms with van der Waals surface area (Å²) in [6, 6.07) is 8.05. The van der Waals surface area contributed by atoms with Gasteiger partial charge in [-0.3, -0.25) is 4.99 Å². The number of aryl methyl sites for hydroxylation is 1. The van der Waals surface area contributed by atoms with Crippen molar-refractivity contribution < 1.29 is 0 Å². The Labute approximate surface area is 78.8 Å². The van der Waals surface area contributed by atoms with Gasteiger partial charge >= 0.3 is 0 Å². The van der Waals surface area contributed by atoms with E-state index in [9.17, 15) is 0 Å². The van der Waals surface area contributed by atoms with Crippen LogP contribution < -0.4 is 5.73 Å². The molecule has 13 heavy (non-hydrogen) atoms. The van der Waals surface area contributed by atoms with Gasteiger partial charge in [-0.05, 0) is 43.8 Å². The first-order chi connectivity index (χ1) is 6.22. The molecule has 0 aliphatic carbocycles. The van der Waals surface area contributed by atoms with Crippen LogP contribution in [0.15, 0.2) is 41.5 Å². The van der Waals surface area contributed by atoms with Gasteiger partial charge in [0, 0.05) is 5.71 Å². The maximum absolute atomic E-state index is 5.25. The summed E-state index contributed by atoms with van der Waals surface area (Å²) in [7, 11) is 0. The van der Waals surface area contributed by atoms with Crippen LogP contribution in [0.5, 0.6) is 0 Å². The second kappa shape index (κ2) is 4.45. The fourth-order valence-corrected chi connectivity index (χ4v) is 1.08. The first kappa shape index (κ1) is 9.52. The van der Waals surface area contributed by atoms with Gasteiger partial charge < -0.3 is 5.73 Å². The Balaban J connectivity index is 2.90. The molecule has 2 N–H and O–H groups in total. The van der Waals surface area contributed by atoms with Crippen molar-refractivity contribution in [2.45, 2.75) is 13.8 Å². The highest BCUT2D eigenvalue weighted by molar-refractivity contribution is 5.94. The number of aliphatic imine (C=N–C) groups is 1. The van der Waals surface area contributed by atoms with Gasteiger partial charge in [0.1, 0.15) is 0 Å². The average Bonchev–Trinajstić information content (AvgIpc) is 2.04. The fraction of sp³-hybridized carbons (Fsp3) is 0.182. The zero-order chi connectivity index (χ0) is 9.68. The zero-order valence-corrected chi connectivity index (χ0v) is 7.99. The lowest BCUT2D eigenvalue weighted by atomic mass is 10.2. The van der Waals surface area contributed by atoms with Gasteiger partial charge in [-0.1, -0.05) is 12.1 Å². The van der Waals surface area contributed by atoms with Crippen LogP contribution in [0.2, 0.25) is 0 Å². The summed E-state index contributed by atoms with van der Waals surface area (Å²) in [5.74, 6) is 0. The van der Waals surface area contributed by atoms with Gasteiger partial charge in [0.15, 0.2) is 0 Å². The summed E-state index contributed by atoms with van der Waals surface area (Å²) < 4.78 is 0. The van der Waals surface area contributed by atoms with Gasteiger partial charge in [0.2, 0.25) is 0 Å². The van der Waals surface area contributed by atoms with Crippen molar-refractivity contribution in [2.75, 3.05) is 0 Å². The highest BCUT2D eigenvalue weighted by Crippen LogP contribution is 2.13. The third kappa shape index (κ3) is 3.11. The van der Waals surface area contributed by atoms with E-state index >= 15 is 0 Å². The van der Waals surface area contributed by atoms with Gasteiger partial charge in [0.25, 0.3) is 0 Å². The van der Waals surface area contributed by atoms with Crippen LogP contribution in [0.4, 0.5) is 5.69 Å². The fourth-order valence-electron chi connectivity index (χ4n) is 1.08. The van der Waals surface area contributed by atoms with Gasteiger partial charge in [-0.2, -0.15) is 0 Å². The second-order valence-corrected chi connectivity index (χ2v) is 2.95. The first-order valence-corrected chi connectivity index (χ1v) is 4.22. The van der Waals surface area contributed by atoms with Crippen LogP contribution in [0.25, 0.3) is 0 Å². The molecule has 0 aliphatic heterocycles. The quantitative estimate of drug-likeness (QED) is 0.687. The van der Waals surface area contributed by atoms with Crippen LogP contribution in [-0.4, -0.2) is 5.71 Å². The van der Waals surface area contributed by atoms with Crippen molar-refractivity contribution in [3.63, 3.8) is 0 Å². The number of hydrogen-bond acceptors (Lipinski definition) is 2. The Morgan fingerprint density at radius 2 is 2.23 bits per heavy atom. The highest BCUT2D eigenvalue weighted by Gasteiger charge is 1.89. The minimum absolute atomic E-state index is 0.910. The lowest BCUT2D eigenvalue weighted by Gasteiger charge is -1.96. The largest absolute Gasteiger partial charge is 0.405 e. The number of benzene rings is 1. The van der Waals surface area contributed by atoms with Crippen LogP contribution in [0, 0.1) is 6.92 Å². The van der Waals surface area contributed by atoms with E-state index in [1.807, 2.05) is 38.1 Å². The molecule has 0 aliphatic rings. The van der Waals surface area contributed by atoms with Crippen molar-refractivity contribution in [2.24, 2.45) is 10.7 Å². The third-order valence-electron chi connectivity index (χ3n) is 1.64. The molecule has 0 heterocycles. The zero-order valence-electron chi connectivity index (χ0n) is 7.99. The molecule has 1 aromatic carbocycles. The Bertz CT molecular complexity index is 338. The molecule has 0 bridgehead atoms. The topological polar surface area (TPSA) is 38.4 Å². The molecule has 1 rings (SSSR count). The molecule has 0 saturated heterocycles. The third-order valence-corrected chi connectivity index (χ3v) is 1.64. The smallest absolute Gasteiger partial charge is 0.0635 e. The predicted octanol–water partition coefficient (Wildman–Crippen LogP) is 2.56. The number of hydrogen-bond donors (Lipinski definition) is 1. The van der Waals surface area contributed by atoms with Gasteiger partial charge in [-0.25, -0.2) is 0 Å². The maximum Gasteiger partial charge on any atom is 0.0635 e. The van der Waals surface area contributed by atoms with E-state index in [4.69, 9.17) is 5.73 Å². The lowest BCUT2D eigenvalue weighted by molar-refractivity contribution is 1.42. The number of nitrogens with two attached hydrogens (primary N) is 1. The SMILES string of the molecule is CC(/C=C\N)=Nc1cccc(C)c1. The normalized spacial score (nSPS) is 12.3. The standard InChI is InChI=1S/C11H14N2/c1-9-4-3-5-11(8-9)13-10(2)6-7-12/h3-8H,12H2,1-2H3/b7-6-,13-10?. The molecule has 0 fully saturated rings. The van der Waals surface area contributed by atoms with E-state index < -0.39 is 0 Å². The van der Waals surface area contributed by atoms with Crippen LogP contribution >= 0.6 is 0 Å². The van der Waals surface area contributed by atoms with E-state index in [0.717, 1.165) is 11.4 Å². The molecule has 0 atom stereocenters. The number of rotatable bonds is 2. The summed E-state index contributed by atoms with van der Waals surface area (Å²) in [5.41, 5.74) is 8.34. The average molecular weight is 174 g/mol. The summed E-state index contributed by atoms with van der Waals surface area (Å²) in [6.07, 6.45) is 3.27. The molecule has 2 heteroatoms. The van der Waals surface area contributed by atoms with E-state index in [1.165, 1.54) is 11.8 Å². The van der Waals surface area contributed by atoms with Gasteiger partial charge in [-0.15, -0.1) is 0 Å². The van der Waals surface area contributed by atoms with Crippen molar-refractivity contribution in [1.82, 2.24) is 0 Å². The monoisotopic (exact) mass is 174 g/mol. The Kier molecular flexibility index (Phi) is 3.26. The summed E-state index contributed by atoms with van der Waals surface area (Å²) >= 11 is 0. The van der Waals surface area contributed by atoms with Crippen molar-refractivity contribution in [1.29, 1.82) is 0 Å². The summed E-state index contributed by atoms with van der Waals surface area (Å²) in [6.45, 7) is 3.97. The van der Waals surface area contributed by atoms with E-state index in [1.54, 1.807) is 6.08 Å². The molecule has 0 saturated carbocycles. The minimum atomic E-state index is 0.910. The molecule has 0 amide bonds. The van der Waals surface area contributed by atoms with Crippen LogP contribution in [0.1, 0.15) is 12.5 Å². The Morgan fingerprint density at radius 3 is 2.85 bits per heavy atom. The van der Waals surface area contributed by atoms with E-state index in [2.05, 4.69) is 4.99 Å². The minimum Gasteiger partial charge on any atom is -0.405 e. The Hall–Kier alpha value is -1.57. The molecule has 0 unspecified atom stereocenters. The lowest BCUT2D eigenvalue weighted by Crippen LogP contribution is -1.86. The van der Waals surface area contributed by atoms with E-state index in [0.29, 0.717) is 0 Å². The highest BCUT2D eigenvalue weighted by atomic mass is 14.7. The maximum atomic E-state index is 5.25. The molecule has 1 aromatic rings. The molecule has 68 valence electrons. The van der Waals surface area contributed by atoms with Crippen molar-refractivity contribution in [3.05, 3.63) is 42.1 Å². The molecule has 0 spiro atoms. The summed E-state index contributed by atoms with van der Waals surface area (Å²) in [4.78, 5) is 4.36. The first-order valence-electron chi connectivity index (χ1n) is 4.22. The van der Waals surface area contributed by atoms with Crippen LogP contribution in [0.3, 0.4) is 0 Å². The Morgan fingerprint density at radius 1 is 1.46 bits per heavy atom. The molecular weight excluding hydrogens is 160 g/mol. The van der Waals surface area contributed by atoms with Crippen molar-refractivity contribution >= 4 is 11.4 Å². The molecular formula is C11H14N2. The number of nitrogens with zero attached hydrogens (tertiary/aromatic N) is 1. The van der Waals surface area contributed by atoms with Crippen molar-refractivity contribution in [3.8, 4) is 0 Å². The molecule has 2 nitrogen and oxygen atoms in total.